The minimum atomic E-state index is -0.0890. The molecule has 1 aromatic carbocycles. The second kappa shape index (κ2) is 6.27. The van der Waals surface area contributed by atoms with Crippen LogP contribution in [0.5, 0.6) is 0 Å². The fourth-order valence-corrected chi connectivity index (χ4v) is 2.90. The van der Waals surface area contributed by atoms with E-state index in [4.69, 9.17) is 0 Å². The minimum Gasteiger partial charge on any atom is -0.337 e. The summed E-state index contributed by atoms with van der Waals surface area (Å²) in [7, 11) is 0. The molecule has 22 heavy (non-hydrogen) atoms. The molecule has 1 aliphatic rings. The molecule has 2 heterocycles. The molecular weight excluding hydrogens is 280 g/mol. The highest BCUT2D eigenvalue weighted by Crippen LogP contribution is 2.10. The normalized spacial score (nSPS) is 18.6. The molecule has 1 saturated heterocycles. The van der Waals surface area contributed by atoms with Gasteiger partial charge in [-0.2, -0.15) is 5.10 Å². The van der Waals surface area contributed by atoms with Crippen molar-refractivity contribution in [1.82, 2.24) is 20.0 Å². The fourth-order valence-electron chi connectivity index (χ4n) is 2.90. The van der Waals surface area contributed by atoms with E-state index in [-0.39, 0.29) is 17.4 Å². The number of fused-ring (bicyclic) bond motifs is 1. The van der Waals surface area contributed by atoms with Crippen molar-refractivity contribution in [1.29, 1.82) is 0 Å². The van der Waals surface area contributed by atoms with Crippen LogP contribution in [0, 0.1) is 0 Å². The van der Waals surface area contributed by atoms with Crippen molar-refractivity contribution in [3.63, 3.8) is 0 Å². The molecule has 116 valence electrons. The molecule has 1 atom stereocenters. The highest BCUT2D eigenvalue weighted by Gasteiger charge is 2.22. The van der Waals surface area contributed by atoms with Gasteiger partial charge in [0.1, 0.15) is 0 Å². The van der Waals surface area contributed by atoms with Crippen LogP contribution in [0.25, 0.3) is 10.9 Å². The summed E-state index contributed by atoms with van der Waals surface area (Å²) < 4.78 is 1.74. The first-order chi connectivity index (χ1) is 10.7. The smallest absolute Gasteiger partial charge is 0.224 e. The molecule has 2 aromatic rings. The van der Waals surface area contributed by atoms with Gasteiger partial charge in [0.2, 0.25) is 11.3 Å². The highest BCUT2D eigenvalue weighted by molar-refractivity contribution is 5.79. The zero-order valence-electron chi connectivity index (χ0n) is 12.7. The Kier molecular flexibility index (Phi) is 4.20. The van der Waals surface area contributed by atoms with E-state index in [1.807, 2.05) is 23.1 Å². The zero-order chi connectivity index (χ0) is 15.5. The Bertz CT molecular complexity index is 740. The number of hydrogen-bond donors (Lipinski definition) is 1. The van der Waals surface area contributed by atoms with Gasteiger partial charge in [0.15, 0.2) is 0 Å². The molecule has 6 nitrogen and oxygen atoms in total. The van der Waals surface area contributed by atoms with Gasteiger partial charge in [0, 0.05) is 37.5 Å². The van der Waals surface area contributed by atoms with Crippen LogP contribution in [0.2, 0.25) is 0 Å². The van der Waals surface area contributed by atoms with Crippen molar-refractivity contribution in [3.8, 4) is 0 Å². The number of rotatable bonds is 3. The molecule has 0 spiro atoms. The molecule has 1 aromatic heterocycles. The molecule has 1 N–H and O–H groups in total. The van der Waals surface area contributed by atoms with E-state index in [2.05, 4.69) is 17.3 Å². The van der Waals surface area contributed by atoms with E-state index in [1.165, 1.54) is 6.20 Å². The molecule has 6 heteroatoms. The van der Waals surface area contributed by atoms with E-state index >= 15 is 0 Å². The number of nitrogens with one attached hydrogen (secondary N) is 1. The van der Waals surface area contributed by atoms with Crippen molar-refractivity contribution in [2.45, 2.75) is 25.9 Å². The van der Waals surface area contributed by atoms with Crippen LogP contribution in [-0.4, -0.2) is 46.3 Å². The van der Waals surface area contributed by atoms with Gasteiger partial charge >= 0.3 is 0 Å². The third kappa shape index (κ3) is 2.87. The second-order valence-corrected chi connectivity index (χ2v) is 5.64. The summed E-state index contributed by atoms with van der Waals surface area (Å²) >= 11 is 0. The van der Waals surface area contributed by atoms with Crippen molar-refractivity contribution in [2.75, 3.05) is 19.6 Å². The molecule has 0 aliphatic carbocycles. The average Bonchev–Trinajstić information content (AvgIpc) is 2.55. The second-order valence-electron chi connectivity index (χ2n) is 5.64. The summed E-state index contributed by atoms with van der Waals surface area (Å²) in [6, 6.07) is 7.58. The highest BCUT2D eigenvalue weighted by atomic mass is 16.2. The maximum atomic E-state index is 12.4. The number of aryl methyl sites for hydroxylation is 1. The van der Waals surface area contributed by atoms with Crippen molar-refractivity contribution < 1.29 is 4.79 Å². The maximum Gasteiger partial charge on any atom is 0.224 e. The molecule has 1 aliphatic heterocycles. The van der Waals surface area contributed by atoms with Gasteiger partial charge in [0.25, 0.3) is 0 Å². The van der Waals surface area contributed by atoms with Crippen LogP contribution in [-0.2, 0) is 11.3 Å². The molecular formula is C16H20N4O2. The monoisotopic (exact) mass is 300 g/mol. The average molecular weight is 300 g/mol. The molecule has 1 amide bonds. The van der Waals surface area contributed by atoms with Crippen molar-refractivity contribution in [3.05, 3.63) is 40.7 Å². The predicted octanol–water partition coefficient (Wildman–Crippen LogP) is 0.607. The first kappa shape index (κ1) is 14.7. The minimum absolute atomic E-state index is 0.0890. The topological polar surface area (TPSA) is 67.2 Å². The zero-order valence-corrected chi connectivity index (χ0v) is 12.7. The van der Waals surface area contributed by atoms with Gasteiger partial charge in [-0.25, -0.2) is 0 Å². The Morgan fingerprint density at radius 2 is 2.23 bits per heavy atom. The quantitative estimate of drug-likeness (QED) is 0.902. The van der Waals surface area contributed by atoms with Gasteiger partial charge in [-0.15, -0.1) is 0 Å². The first-order valence-electron chi connectivity index (χ1n) is 7.62. The molecule has 0 unspecified atom stereocenters. The number of piperazine rings is 1. The molecule has 3 rings (SSSR count). The molecule has 1 fully saturated rings. The summed E-state index contributed by atoms with van der Waals surface area (Å²) in [5.41, 5.74) is 0.685. The van der Waals surface area contributed by atoms with E-state index in [0.717, 1.165) is 25.2 Å². The van der Waals surface area contributed by atoms with Crippen LogP contribution in [0.4, 0.5) is 0 Å². The van der Waals surface area contributed by atoms with Crippen LogP contribution < -0.4 is 10.7 Å². The van der Waals surface area contributed by atoms with E-state index in [1.54, 1.807) is 10.7 Å². The maximum absolute atomic E-state index is 12.4. The first-order valence-corrected chi connectivity index (χ1v) is 7.62. The lowest BCUT2D eigenvalue weighted by molar-refractivity contribution is -0.134. The van der Waals surface area contributed by atoms with Gasteiger partial charge in [0.05, 0.1) is 18.3 Å². The van der Waals surface area contributed by atoms with E-state index in [9.17, 15) is 9.59 Å². The number of benzene rings is 1. The lowest BCUT2D eigenvalue weighted by Gasteiger charge is -2.34. The van der Waals surface area contributed by atoms with Crippen molar-refractivity contribution in [2.24, 2.45) is 0 Å². The summed E-state index contributed by atoms with van der Waals surface area (Å²) in [6.07, 6.45) is 1.71. The fraction of sp³-hybridized carbons (Fsp3) is 0.438. The van der Waals surface area contributed by atoms with Gasteiger partial charge in [-0.05, 0) is 19.1 Å². The SMILES string of the molecule is C[C@H]1CNCCN1C(=O)CCn1ncc(=O)c2ccccc21. The standard InChI is InChI=1S/C16H20N4O2/c1-12-10-17-7-9-19(12)16(22)6-8-20-14-5-3-2-4-13(14)15(21)11-18-20/h2-5,11-12,17H,6-10H2,1H3/t12-/m0/s1. The summed E-state index contributed by atoms with van der Waals surface area (Å²) in [5.74, 6) is 0.138. The van der Waals surface area contributed by atoms with E-state index < -0.39 is 0 Å². The predicted molar refractivity (Wildman–Crippen MR) is 84.7 cm³/mol. The van der Waals surface area contributed by atoms with Gasteiger partial charge in [-0.3, -0.25) is 14.3 Å². The Morgan fingerprint density at radius 1 is 1.41 bits per heavy atom. The lowest BCUT2D eigenvalue weighted by Crippen LogP contribution is -2.52. The third-order valence-corrected chi connectivity index (χ3v) is 4.12. The number of para-hydroxylation sites is 1. The lowest BCUT2D eigenvalue weighted by atomic mass is 10.2. The Hall–Kier alpha value is -2.21. The number of carbonyl (C=O) groups excluding carboxylic acids is 1. The number of carbonyl (C=O) groups is 1. The van der Waals surface area contributed by atoms with E-state index in [0.29, 0.717) is 18.4 Å². The Labute approximate surface area is 128 Å². The third-order valence-electron chi connectivity index (χ3n) is 4.12. The number of nitrogens with zero attached hydrogens (tertiary/aromatic N) is 3. The van der Waals surface area contributed by atoms with Crippen LogP contribution >= 0.6 is 0 Å². The Balaban J connectivity index is 1.75. The summed E-state index contributed by atoms with van der Waals surface area (Å²) in [4.78, 5) is 26.1. The van der Waals surface area contributed by atoms with Crippen LogP contribution in [0.1, 0.15) is 13.3 Å². The van der Waals surface area contributed by atoms with Gasteiger partial charge in [-0.1, -0.05) is 12.1 Å². The molecule has 0 saturated carbocycles. The van der Waals surface area contributed by atoms with Crippen LogP contribution in [0.3, 0.4) is 0 Å². The van der Waals surface area contributed by atoms with Crippen LogP contribution in [0.15, 0.2) is 35.3 Å². The van der Waals surface area contributed by atoms with Crippen molar-refractivity contribution >= 4 is 16.8 Å². The number of aromatic nitrogens is 2. The number of amides is 1. The molecule has 0 radical (unpaired) electrons. The summed E-state index contributed by atoms with van der Waals surface area (Å²) in [6.45, 7) is 4.96. The summed E-state index contributed by atoms with van der Waals surface area (Å²) in [5, 5.41) is 8.08. The number of hydrogen-bond acceptors (Lipinski definition) is 4. The van der Waals surface area contributed by atoms with Gasteiger partial charge < -0.3 is 10.2 Å². The molecule has 0 bridgehead atoms. The largest absolute Gasteiger partial charge is 0.337 e. The Morgan fingerprint density at radius 3 is 3.05 bits per heavy atom.